The fourth-order valence-electron chi connectivity index (χ4n) is 1.53. The second-order valence-electron chi connectivity index (χ2n) is 3.79. The van der Waals surface area contributed by atoms with Gasteiger partial charge in [-0.3, -0.25) is 4.79 Å². The molecule has 1 saturated heterocycles. The van der Waals surface area contributed by atoms with E-state index in [9.17, 15) is 4.79 Å². The van der Waals surface area contributed by atoms with Gasteiger partial charge in [0.15, 0.2) is 0 Å². The number of nitrogens with one attached hydrogen (secondary N) is 2. The molecule has 4 heteroatoms. The first kappa shape index (κ1) is 11.9. The molecule has 0 aliphatic carbocycles. The molecule has 0 spiro atoms. The van der Waals surface area contributed by atoms with Crippen molar-refractivity contribution in [3.8, 4) is 0 Å². The minimum absolute atomic E-state index is 0.0535. The van der Waals surface area contributed by atoms with Crippen molar-refractivity contribution < 1.29 is 4.79 Å². The summed E-state index contributed by atoms with van der Waals surface area (Å²) in [6.45, 7) is 3.88. The van der Waals surface area contributed by atoms with Crippen LogP contribution in [-0.2, 0) is 4.79 Å². The lowest BCUT2D eigenvalue weighted by molar-refractivity contribution is -0.123. The standard InChI is InChI=1S/C10H20N2OS/c1-8(14-2)7-12-10(13)9-5-3-4-6-11-9/h8-9,11H,3-7H2,1-2H3,(H,12,13)/t8-,9-/m0/s1. The fraction of sp³-hybridized carbons (Fsp3) is 0.900. The van der Waals surface area contributed by atoms with Crippen molar-refractivity contribution in [2.45, 2.75) is 37.5 Å². The summed E-state index contributed by atoms with van der Waals surface area (Å²) >= 11 is 1.78. The Balaban J connectivity index is 2.19. The van der Waals surface area contributed by atoms with Gasteiger partial charge in [-0.2, -0.15) is 11.8 Å². The molecule has 1 aliphatic heterocycles. The number of piperidine rings is 1. The van der Waals surface area contributed by atoms with E-state index in [0.29, 0.717) is 5.25 Å². The van der Waals surface area contributed by atoms with Crippen molar-refractivity contribution >= 4 is 17.7 Å². The molecular formula is C10H20N2OS. The minimum atomic E-state index is 0.0535. The van der Waals surface area contributed by atoms with Gasteiger partial charge < -0.3 is 10.6 Å². The first-order chi connectivity index (χ1) is 6.74. The van der Waals surface area contributed by atoms with Gasteiger partial charge in [0.05, 0.1) is 6.04 Å². The first-order valence-corrected chi connectivity index (χ1v) is 6.56. The summed E-state index contributed by atoms with van der Waals surface area (Å²) in [6, 6.07) is 0.0535. The summed E-state index contributed by atoms with van der Waals surface area (Å²) in [5.74, 6) is 0.172. The topological polar surface area (TPSA) is 41.1 Å². The lowest BCUT2D eigenvalue weighted by atomic mass is 10.0. The zero-order valence-corrected chi connectivity index (χ0v) is 9.82. The van der Waals surface area contributed by atoms with Gasteiger partial charge in [0.2, 0.25) is 5.91 Å². The number of hydrogen-bond donors (Lipinski definition) is 2. The molecule has 0 radical (unpaired) electrons. The first-order valence-electron chi connectivity index (χ1n) is 5.28. The van der Waals surface area contributed by atoms with Gasteiger partial charge in [0.1, 0.15) is 0 Å². The van der Waals surface area contributed by atoms with Crippen LogP contribution in [-0.4, -0.2) is 36.5 Å². The van der Waals surface area contributed by atoms with E-state index >= 15 is 0 Å². The Morgan fingerprint density at radius 3 is 3.00 bits per heavy atom. The molecule has 0 saturated carbocycles. The lowest BCUT2D eigenvalue weighted by Gasteiger charge is -2.23. The Hall–Kier alpha value is -0.220. The van der Waals surface area contributed by atoms with E-state index in [4.69, 9.17) is 0 Å². The third kappa shape index (κ3) is 3.88. The van der Waals surface area contributed by atoms with Crippen LogP contribution in [0.1, 0.15) is 26.2 Å². The molecule has 1 fully saturated rings. The van der Waals surface area contributed by atoms with Crippen LogP contribution in [0.5, 0.6) is 0 Å². The van der Waals surface area contributed by atoms with Crippen molar-refractivity contribution in [2.24, 2.45) is 0 Å². The lowest BCUT2D eigenvalue weighted by Crippen LogP contribution is -2.47. The van der Waals surface area contributed by atoms with Crippen LogP contribution in [0.3, 0.4) is 0 Å². The van der Waals surface area contributed by atoms with Crippen molar-refractivity contribution in [1.82, 2.24) is 10.6 Å². The molecule has 2 atom stereocenters. The Morgan fingerprint density at radius 1 is 1.64 bits per heavy atom. The highest BCUT2D eigenvalue weighted by atomic mass is 32.2. The smallest absolute Gasteiger partial charge is 0.237 e. The van der Waals surface area contributed by atoms with Crippen LogP contribution in [0.25, 0.3) is 0 Å². The SMILES string of the molecule is CS[C@@H](C)CNC(=O)[C@@H]1CCCCN1. The molecular weight excluding hydrogens is 196 g/mol. The zero-order chi connectivity index (χ0) is 10.4. The second kappa shape index (κ2) is 6.30. The Morgan fingerprint density at radius 2 is 2.43 bits per heavy atom. The Kier molecular flexibility index (Phi) is 5.33. The van der Waals surface area contributed by atoms with E-state index in [2.05, 4.69) is 23.8 Å². The van der Waals surface area contributed by atoms with Crippen molar-refractivity contribution in [1.29, 1.82) is 0 Å². The Labute approximate surface area is 90.4 Å². The number of carbonyl (C=O) groups excluding carboxylic acids is 1. The summed E-state index contributed by atoms with van der Waals surface area (Å²) < 4.78 is 0. The molecule has 0 bridgehead atoms. The van der Waals surface area contributed by atoms with E-state index in [-0.39, 0.29) is 11.9 Å². The van der Waals surface area contributed by atoms with Crippen LogP contribution in [0.4, 0.5) is 0 Å². The van der Waals surface area contributed by atoms with E-state index in [1.807, 2.05) is 0 Å². The number of rotatable bonds is 4. The third-order valence-corrected chi connectivity index (χ3v) is 3.56. The molecule has 0 unspecified atom stereocenters. The maximum absolute atomic E-state index is 11.6. The average molecular weight is 216 g/mol. The summed E-state index contributed by atoms with van der Waals surface area (Å²) in [7, 11) is 0. The highest BCUT2D eigenvalue weighted by Crippen LogP contribution is 2.07. The maximum atomic E-state index is 11.6. The maximum Gasteiger partial charge on any atom is 0.237 e. The number of thioether (sulfide) groups is 1. The normalized spacial score (nSPS) is 24.3. The summed E-state index contributed by atoms with van der Waals surface area (Å²) in [4.78, 5) is 11.6. The molecule has 1 aliphatic rings. The van der Waals surface area contributed by atoms with Gasteiger partial charge in [-0.25, -0.2) is 0 Å². The van der Waals surface area contributed by atoms with Crippen molar-refractivity contribution in [3.63, 3.8) is 0 Å². The number of carbonyl (C=O) groups is 1. The van der Waals surface area contributed by atoms with Crippen LogP contribution in [0, 0.1) is 0 Å². The van der Waals surface area contributed by atoms with E-state index in [0.717, 1.165) is 19.5 Å². The number of amides is 1. The quantitative estimate of drug-likeness (QED) is 0.736. The van der Waals surface area contributed by atoms with Gasteiger partial charge in [0.25, 0.3) is 0 Å². The van der Waals surface area contributed by atoms with Crippen LogP contribution < -0.4 is 10.6 Å². The van der Waals surface area contributed by atoms with Crippen LogP contribution in [0.2, 0.25) is 0 Å². The predicted octanol–water partition coefficient (Wildman–Crippen LogP) is 0.996. The summed E-state index contributed by atoms with van der Waals surface area (Å²) in [5, 5.41) is 6.72. The Bertz CT molecular complexity index is 181. The van der Waals surface area contributed by atoms with Gasteiger partial charge in [0, 0.05) is 11.8 Å². The van der Waals surface area contributed by atoms with E-state index in [1.165, 1.54) is 12.8 Å². The van der Waals surface area contributed by atoms with Gasteiger partial charge in [-0.1, -0.05) is 13.3 Å². The second-order valence-corrected chi connectivity index (χ2v) is 5.07. The third-order valence-electron chi connectivity index (χ3n) is 2.59. The molecule has 3 nitrogen and oxygen atoms in total. The van der Waals surface area contributed by atoms with Crippen LogP contribution in [0.15, 0.2) is 0 Å². The highest BCUT2D eigenvalue weighted by Gasteiger charge is 2.20. The molecule has 1 rings (SSSR count). The number of hydrogen-bond acceptors (Lipinski definition) is 3. The van der Waals surface area contributed by atoms with E-state index < -0.39 is 0 Å². The minimum Gasteiger partial charge on any atom is -0.354 e. The highest BCUT2D eigenvalue weighted by molar-refractivity contribution is 7.99. The molecule has 14 heavy (non-hydrogen) atoms. The van der Waals surface area contributed by atoms with Gasteiger partial charge in [-0.15, -0.1) is 0 Å². The van der Waals surface area contributed by atoms with Gasteiger partial charge in [-0.05, 0) is 25.6 Å². The zero-order valence-electron chi connectivity index (χ0n) is 9.01. The average Bonchev–Trinajstić information content (AvgIpc) is 2.26. The summed E-state index contributed by atoms with van der Waals surface area (Å²) in [5.41, 5.74) is 0. The molecule has 1 heterocycles. The fourth-order valence-corrected chi connectivity index (χ4v) is 1.78. The molecule has 0 aromatic carbocycles. The molecule has 0 aromatic rings. The van der Waals surface area contributed by atoms with Crippen LogP contribution >= 0.6 is 11.8 Å². The van der Waals surface area contributed by atoms with Gasteiger partial charge >= 0.3 is 0 Å². The largest absolute Gasteiger partial charge is 0.354 e. The predicted molar refractivity (Wildman–Crippen MR) is 61.6 cm³/mol. The van der Waals surface area contributed by atoms with Crippen molar-refractivity contribution in [2.75, 3.05) is 19.3 Å². The monoisotopic (exact) mass is 216 g/mol. The molecule has 1 amide bonds. The molecule has 2 N–H and O–H groups in total. The molecule has 82 valence electrons. The summed E-state index contributed by atoms with van der Waals surface area (Å²) in [6.07, 6.45) is 5.42. The molecule has 0 aromatic heterocycles. The van der Waals surface area contributed by atoms with E-state index in [1.54, 1.807) is 11.8 Å². The van der Waals surface area contributed by atoms with Crippen molar-refractivity contribution in [3.05, 3.63) is 0 Å².